The van der Waals surface area contributed by atoms with Crippen LogP contribution in [-0.2, 0) is 4.79 Å². The van der Waals surface area contributed by atoms with Gasteiger partial charge >= 0.3 is 0 Å². The average Bonchev–Trinajstić information content (AvgIpc) is 1.67. The molecule has 0 aromatic carbocycles. The van der Waals surface area contributed by atoms with Gasteiger partial charge in [-0.15, -0.1) is 11.6 Å². The summed E-state index contributed by atoms with van der Waals surface area (Å²) < 4.78 is -0.140. The van der Waals surface area contributed by atoms with Crippen LogP contribution in [0.15, 0.2) is 0 Å². The molecule has 0 N–H and O–H groups in total. The summed E-state index contributed by atoms with van der Waals surface area (Å²) in [5.74, 6) is 0. The van der Waals surface area contributed by atoms with Crippen LogP contribution in [0.4, 0.5) is 0 Å². The number of alkyl halides is 2. The molecule has 0 aromatic heterocycles. The van der Waals surface area contributed by atoms with Crippen molar-refractivity contribution in [2.45, 2.75) is 11.8 Å². The van der Waals surface area contributed by atoms with E-state index in [0.29, 0.717) is 6.42 Å². The summed E-state index contributed by atoms with van der Waals surface area (Å²) in [6.45, 7) is 0. The lowest BCUT2D eigenvalue weighted by Crippen LogP contribution is -2.06. The Morgan fingerprint density at radius 1 is 1.75 bits per heavy atom. The molecule has 8 heavy (non-hydrogen) atoms. The second kappa shape index (κ2) is 4.77. The first-order valence-electron chi connectivity index (χ1n) is 2.08. The van der Waals surface area contributed by atoms with Crippen LogP contribution in [0.25, 0.3) is 0 Å². The Balaban J connectivity index is 3.32. The molecule has 0 rings (SSSR count). The van der Waals surface area contributed by atoms with Gasteiger partial charge in [0.1, 0.15) is 5.38 Å². The molecule has 0 fully saturated rings. The Hall–Kier alpha value is 0.920. The summed E-state index contributed by atoms with van der Waals surface area (Å²) in [6, 6.07) is 0. The van der Waals surface area contributed by atoms with E-state index < -0.39 is 0 Å². The number of hydrogen-bond donors (Lipinski definition) is 0. The fraction of sp³-hybridized carbons (Fsp3) is 0.750. The maximum absolute atomic E-state index is 10.3. The van der Waals surface area contributed by atoms with Crippen molar-refractivity contribution in [3.63, 3.8) is 0 Å². The van der Waals surface area contributed by atoms with Crippen LogP contribution in [0.5, 0.6) is 0 Å². The Bertz CT molecular complexity index is 86.1. The highest BCUT2D eigenvalue weighted by Gasteiger charge is 2.09. The quantitative estimate of drug-likeness (QED) is 0.564. The third kappa shape index (κ3) is 3.87. The third-order valence-electron chi connectivity index (χ3n) is 0.609. The molecule has 1 atom stereocenters. The fourth-order valence-corrected chi connectivity index (χ4v) is 1.27. The van der Waals surface area contributed by atoms with Crippen molar-refractivity contribution in [1.29, 1.82) is 0 Å². The van der Waals surface area contributed by atoms with Gasteiger partial charge in [0.2, 0.25) is 4.69 Å². The maximum Gasteiger partial charge on any atom is 0.215 e. The van der Waals surface area contributed by atoms with Gasteiger partial charge in [0.15, 0.2) is 0 Å². The highest BCUT2D eigenvalue weighted by molar-refractivity contribution is 9.18. The first-order valence-corrected chi connectivity index (χ1v) is 4.43. The summed E-state index contributed by atoms with van der Waals surface area (Å²) in [7, 11) is 0. The molecular formula is C4H5Br2ClO. The number of rotatable bonds is 3. The van der Waals surface area contributed by atoms with E-state index in [9.17, 15) is 4.79 Å². The predicted octanol–water partition coefficient (Wildman–Crippen LogP) is 2.30. The zero-order chi connectivity index (χ0) is 6.57. The van der Waals surface area contributed by atoms with Gasteiger partial charge in [-0.05, 0) is 22.4 Å². The van der Waals surface area contributed by atoms with Gasteiger partial charge in [0.05, 0.1) is 0 Å². The molecule has 48 valence electrons. The minimum Gasteiger partial charge on any atom is -0.285 e. The molecule has 0 aliphatic rings. The van der Waals surface area contributed by atoms with Gasteiger partial charge in [0, 0.05) is 5.33 Å². The van der Waals surface area contributed by atoms with E-state index in [1.807, 2.05) is 0 Å². The highest BCUT2D eigenvalue weighted by atomic mass is 79.9. The minimum atomic E-state index is -0.380. The van der Waals surface area contributed by atoms with Crippen LogP contribution in [0.1, 0.15) is 6.42 Å². The Kier molecular flexibility index (Phi) is 5.31. The second-order valence-electron chi connectivity index (χ2n) is 1.25. The molecule has 4 heteroatoms. The van der Waals surface area contributed by atoms with Gasteiger partial charge in [-0.25, -0.2) is 0 Å². The highest BCUT2D eigenvalue weighted by Crippen LogP contribution is 2.08. The van der Waals surface area contributed by atoms with Gasteiger partial charge in [0.25, 0.3) is 0 Å². The number of hydrogen-bond acceptors (Lipinski definition) is 1. The molecule has 0 amide bonds. The van der Waals surface area contributed by atoms with Gasteiger partial charge in [-0.3, -0.25) is 4.79 Å². The van der Waals surface area contributed by atoms with Crippen LogP contribution in [-0.4, -0.2) is 15.4 Å². The largest absolute Gasteiger partial charge is 0.285 e. The van der Waals surface area contributed by atoms with E-state index >= 15 is 0 Å². The molecule has 0 saturated carbocycles. The first-order chi connectivity index (χ1) is 3.68. The standard InChI is InChI=1S/C4H5Br2ClO/c5-2-1-3(7)4(6)8/h3H,1-2H2. The monoisotopic (exact) mass is 262 g/mol. The lowest BCUT2D eigenvalue weighted by Gasteiger charge is -1.96. The van der Waals surface area contributed by atoms with E-state index in [4.69, 9.17) is 11.6 Å². The van der Waals surface area contributed by atoms with E-state index in [0.717, 1.165) is 5.33 Å². The van der Waals surface area contributed by atoms with Gasteiger partial charge < -0.3 is 0 Å². The molecule has 0 radical (unpaired) electrons. The van der Waals surface area contributed by atoms with Crippen LogP contribution < -0.4 is 0 Å². The summed E-state index contributed by atoms with van der Waals surface area (Å²) in [4.78, 5) is 10.3. The lowest BCUT2D eigenvalue weighted by molar-refractivity contribution is -0.110. The SMILES string of the molecule is O=C(Br)C(Cl)CCBr. The minimum absolute atomic E-state index is 0.140. The number of carbonyl (C=O) groups excluding carboxylic acids is 1. The molecule has 0 aromatic rings. The van der Waals surface area contributed by atoms with Gasteiger partial charge in [-0.2, -0.15) is 0 Å². The summed E-state index contributed by atoms with van der Waals surface area (Å²) >= 11 is 11.4. The maximum atomic E-state index is 10.3. The zero-order valence-electron chi connectivity index (χ0n) is 4.03. The summed E-state index contributed by atoms with van der Waals surface area (Å²) in [5, 5.41) is 0.382. The molecule has 0 aliphatic carbocycles. The van der Waals surface area contributed by atoms with Crippen LogP contribution in [0.2, 0.25) is 0 Å². The molecule has 1 nitrogen and oxygen atoms in total. The van der Waals surface area contributed by atoms with E-state index in [1.165, 1.54) is 0 Å². The fourth-order valence-electron chi connectivity index (χ4n) is 0.209. The predicted molar refractivity (Wildman–Crippen MR) is 42.0 cm³/mol. The number of halogens is 3. The first kappa shape index (κ1) is 8.92. The molecule has 0 aliphatic heterocycles. The van der Waals surface area contributed by atoms with E-state index in [2.05, 4.69) is 31.9 Å². The van der Waals surface area contributed by atoms with Crippen molar-refractivity contribution in [2.24, 2.45) is 0 Å². The topological polar surface area (TPSA) is 17.1 Å². The van der Waals surface area contributed by atoms with E-state index in [-0.39, 0.29) is 10.1 Å². The second-order valence-corrected chi connectivity index (χ2v) is 3.35. The number of carbonyl (C=O) groups is 1. The van der Waals surface area contributed by atoms with Gasteiger partial charge in [-0.1, -0.05) is 15.9 Å². The van der Waals surface area contributed by atoms with Crippen molar-refractivity contribution in [2.75, 3.05) is 5.33 Å². The molecular weight excluding hydrogens is 259 g/mol. The normalized spacial score (nSPS) is 13.4. The van der Waals surface area contributed by atoms with Crippen molar-refractivity contribution in [3.8, 4) is 0 Å². The van der Waals surface area contributed by atoms with Crippen molar-refractivity contribution < 1.29 is 4.79 Å². The molecule has 0 spiro atoms. The molecule has 0 saturated heterocycles. The van der Waals surface area contributed by atoms with Crippen LogP contribution in [0.3, 0.4) is 0 Å². The Morgan fingerprint density at radius 3 is 2.38 bits per heavy atom. The van der Waals surface area contributed by atoms with Crippen molar-refractivity contribution >= 4 is 48.2 Å². The molecule has 0 heterocycles. The molecule has 1 unspecified atom stereocenters. The Morgan fingerprint density at radius 2 is 2.25 bits per heavy atom. The average molecular weight is 264 g/mol. The smallest absolute Gasteiger partial charge is 0.215 e. The Labute approximate surface area is 70.0 Å². The third-order valence-corrected chi connectivity index (χ3v) is 2.30. The zero-order valence-corrected chi connectivity index (χ0v) is 7.96. The van der Waals surface area contributed by atoms with E-state index in [1.54, 1.807) is 0 Å². The molecule has 0 bridgehead atoms. The lowest BCUT2D eigenvalue weighted by atomic mass is 10.4. The van der Waals surface area contributed by atoms with Crippen LogP contribution >= 0.6 is 43.5 Å². The van der Waals surface area contributed by atoms with Crippen LogP contribution in [0, 0.1) is 0 Å². The summed E-state index contributed by atoms with van der Waals surface area (Å²) in [5.41, 5.74) is 0. The van der Waals surface area contributed by atoms with Crippen molar-refractivity contribution in [3.05, 3.63) is 0 Å². The summed E-state index contributed by atoms with van der Waals surface area (Å²) in [6.07, 6.45) is 0.672. The van der Waals surface area contributed by atoms with Crippen molar-refractivity contribution in [1.82, 2.24) is 0 Å².